The minimum atomic E-state index is -1.12. The second-order valence-electron chi connectivity index (χ2n) is 4.55. The number of nitrogens with one attached hydrogen (secondary N) is 1. The third-order valence-electron chi connectivity index (χ3n) is 3.25. The molecule has 0 atom stereocenters. The molecule has 0 bridgehead atoms. The first-order valence-corrected chi connectivity index (χ1v) is 6.02. The molecule has 1 aromatic carbocycles. The van der Waals surface area contributed by atoms with Crippen LogP contribution in [-0.4, -0.2) is 22.2 Å². The number of hydrogen-bond acceptors (Lipinski definition) is 4. The van der Waals surface area contributed by atoms with Crippen molar-refractivity contribution < 1.29 is 24.5 Å². The van der Waals surface area contributed by atoms with Crippen molar-refractivity contribution in [2.45, 2.75) is 12.8 Å². The molecule has 1 aromatic rings. The summed E-state index contributed by atoms with van der Waals surface area (Å²) in [5, 5.41) is 20.7. The SMILES string of the molecule is O=C(O)C1=CCc2cc3c(cc2N1)OC(C(=O)O)=CC3. The molecule has 0 aromatic heterocycles. The molecule has 6 heteroatoms. The summed E-state index contributed by atoms with van der Waals surface area (Å²) in [5.41, 5.74) is 2.60. The number of rotatable bonds is 2. The first-order valence-electron chi connectivity index (χ1n) is 6.02. The van der Waals surface area contributed by atoms with Crippen molar-refractivity contribution in [3.8, 4) is 5.75 Å². The molecule has 0 radical (unpaired) electrons. The van der Waals surface area contributed by atoms with Gasteiger partial charge in [-0.25, -0.2) is 9.59 Å². The number of fused-ring (bicyclic) bond motifs is 2. The van der Waals surface area contributed by atoms with Crippen molar-refractivity contribution >= 4 is 17.6 Å². The van der Waals surface area contributed by atoms with Gasteiger partial charge in [-0.2, -0.15) is 0 Å². The second-order valence-corrected chi connectivity index (χ2v) is 4.55. The van der Waals surface area contributed by atoms with Crippen LogP contribution in [0.5, 0.6) is 5.75 Å². The van der Waals surface area contributed by atoms with E-state index in [1.807, 2.05) is 6.07 Å². The molecule has 0 saturated heterocycles. The molecule has 3 rings (SSSR count). The Hall–Kier alpha value is -2.76. The van der Waals surface area contributed by atoms with E-state index < -0.39 is 11.9 Å². The van der Waals surface area contributed by atoms with Crippen LogP contribution in [0.3, 0.4) is 0 Å². The number of hydrogen-bond donors (Lipinski definition) is 3. The van der Waals surface area contributed by atoms with E-state index in [1.165, 1.54) is 6.08 Å². The molecule has 0 aliphatic carbocycles. The highest BCUT2D eigenvalue weighted by atomic mass is 16.5. The van der Waals surface area contributed by atoms with Gasteiger partial charge in [0, 0.05) is 11.8 Å². The highest BCUT2D eigenvalue weighted by Crippen LogP contribution is 2.34. The number of benzene rings is 1. The highest BCUT2D eigenvalue weighted by molar-refractivity contribution is 5.92. The molecule has 0 fully saturated rings. The summed E-state index contributed by atoms with van der Waals surface area (Å²) in [6.07, 6.45) is 4.14. The van der Waals surface area contributed by atoms with Gasteiger partial charge in [-0.1, -0.05) is 0 Å². The monoisotopic (exact) mass is 273 g/mol. The van der Waals surface area contributed by atoms with E-state index in [2.05, 4.69) is 5.32 Å². The third-order valence-corrected chi connectivity index (χ3v) is 3.25. The second kappa shape index (κ2) is 4.41. The fourth-order valence-electron chi connectivity index (χ4n) is 2.26. The fourth-order valence-corrected chi connectivity index (χ4v) is 2.26. The summed E-state index contributed by atoms with van der Waals surface area (Å²) < 4.78 is 5.31. The Kier molecular flexibility index (Phi) is 2.71. The number of carboxylic acid groups (broad SMARTS) is 2. The Labute approximate surface area is 114 Å². The zero-order chi connectivity index (χ0) is 14.3. The molecule has 2 heterocycles. The van der Waals surface area contributed by atoms with Crippen LogP contribution in [0, 0.1) is 0 Å². The molecule has 3 N–H and O–H groups in total. The number of aliphatic carboxylic acids is 2. The van der Waals surface area contributed by atoms with Crippen LogP contribution >= 0.6 is 0 Å². The first-order chi connectivity index (χ1) is 9.54. The van der Waals surface area contributed by atoms with Crippen LogP contribution in [0.25, 0.3) is 0 Å². The van der Waals surface area contributed by atoms with Crippen LogP contribution in [0.4, 0.5) is 5.69 Å². The van der Waals surface area contributed by atoms with Gasteiger partial charge in [0.05, 0.1) is 0 Å². The molecule has 102 valence electrons. The van der Waals surface area contributed by atoms with Crippen molar-refractivity contribution in [2.75, 3.05) is 5.32 Å². The smallest absolute Gasteiger partial charge is 0.371 e. The summed E-state index contributed by atoms with van der Waals surface area (Å²) in [5.74, 6) is -1.81. The van der Waals surface area contributed by atoms with E-state index in [0.717, 1.165) is 11.1 Å². The molecular formula is C14H11NO5. The maximum atomic E-state index is 10.9. The van der Waals surface area contributed by atoms with Crippen molar-refractivity contribution in [3.05, 3.63) is 46.9 Å². The zero-order valence-electron chi connectivity index (χ0n) is 10.3. The van der Waals surface area contributed by atoms with E-state index in [9.17, 15) is 9.59 Å². The van der Waals surface area contributed by atoms with Gasteiger partial charge >= 0.3 is 11.9 Å². The first kappa shape index (κ1) is 12.3. The largest absolute Gasteiger partial charge is 0.477 e. The Morgan fingerprint density at radius 3 is 2.50 bits per heavy atom. The summed E-state index contributed by atoms with van der Waals surface area (Å²) in [6, 6.07) is 3.55. The topological polar surface area (TPSA) is 95.9 Å². The quantitative estimate of drug-likeness (QED) is 0.756. The Morgan fingerprint density at radius 2 is 1.80 bits per heavy atom. The number of ether oxygens (including phenoxy) is 1. The van der Waals surface area contributed by atoms with Crippen molar-refractivity contribution in [3.63, 3.8) is 0 Å². The van der Waals surface area contributed by atoms with Crippen LogP contribution < -0.4 is 10.1 Å². The van der Waals surface area contributed by atoms with E-state index in [0.29, 0.717) is 24.3 Å². The predicted octanol–water partition coefficient (Wildman–Crippen LogP) is 1.53. The number of allylic oxidation sites excluding steroid dienone is 2. The lowest BCUT2D eigenvalue weighted by Gasteiger charge is -2.22. The van der Waals surface area contributed by atoms with Gasteiger partial charge < -0.3 is 20.3 Å². The lowest BCUT2D eigenvalue weighted by Crippen LogP contribution is -2.17. The van der Waals surface area contributed by atoms with Crippen molar-refractivity contribution in [1.82, 2.24) is 0 Å². The number of carbonyl (C=O) groups is 2. The molecule has 6 nitrogen and oxygen atoms in total. The maximum Gasteiger partial charge on any atom is 0.371 e. The predicted molar refractivity (Wildman–Crippen MR) is 69.5 cm³/mol. The van der Waals surface area contributed by atoms with Crippen LogP contribution in [-0.2, 0) is 22.4 Å². The lowest BCUT2D eigenvalue weighted by atomic mass is 9.98. The number of anilines is 1. The van der Waals surface area contributed by atoms with E-state index >= 15 is 0 Å². The molecule has 0 amide bonds. The minimum Gasteiger partial charge on any atom is -0.477 e. The molecule has 2 aliphatic rings. The van der Waals surface area contributed by atoms with Crippen molar-refractivity contribution in [1.29, 1.82) is 0 Å². The summed E-state index contributed by atoms with van der Waals surface area (Å²) in [4.78, 5) is 21.8. The fraction of sp³-hybridized carbons (Fsp3) is 0.143. The average Bonchev–Trinajstić information content (AvgIpc) is 2.43. The standard InChI is InChI=1S/C14H11NO5/c16-13(17)9-3-1-7-5-8-2-4-11(14(18)19)20-12(8)6-10(7)15-9/h3-6,15H,1-2H2,(H,16,17)(H,18,19). The van der Waals surface area contributed by atoms with Crippen LogP contribution in [0.15, 0.2) is 35.7 Å². The van der Waals surface area contributed by atoms with E-state index in [4.69, 9.17) is 14.9 Å². The lowest BCUT2D eigenvalue weighted by molar-refractivity contribution is -0.135. The summed E-state index contributed by atoms with van der Waals surface area (Å²) >= 11 is 0. The molecule has 0 saturated carbocycles. The maximum absolute atomic E-state index is 10.9. The summed E-state index contributed by atoms with van der Waals surface area (Å²) in [6.45, 7) is 0. The third kappa shape index (κ3) is 2.01. The molecule has 20 heavy (non-hydrogen) atoms. The van der Waals surface area contributed by atoms with Gasteiger partial charge in [0.15, 0.2) is 0 Å². The van der Waals surface area contributed by atoms with E-state index in [1.54, 1.807) is 12.1 Å². The van der Waals surface area contributed by atoms with Gasteiger partial charge in [-0.05, 0) is 42.2 Å². The Morgan fingerprint density at radius 1 is 1.05 bits per heavy atom. The molecule has 0 unspecified atom stereocenters. The Bertz CT molecular complexity index is 632. The van der Waals surface area contributed by atoms with E-state index in [-0.39, 0.29) is 11.5 Å². The van der Waals surface area contributed by atoms with Crippen molar-refractivity contribution in [2.24, 2.45) is 0 Å². The average molecular weight is 273 g/mol. The van der Waals surface area contributed by atoms with Crippen LogP contribution in [0.1, 0.15) is 11.1 Å². The van der Waals surface area contributed by atoms with Gasteiger partial charge in [0.25, 0.3) is 0 Å². The van der Waals surface area contributed by atoms with Gasteiger partial charge in [-0.3, -0.25) is 0 Å². The molecule has 0 spiro atoms. The summed E-state index contributed by atoms with van der Waals surface area (Å²) in [7, 11) is 0. The van der Waals surface area contributed by atoms with Gasteiger partial charge in [-0.15, -0.1) is 0 Å². The minimum absolute atomic E-state index is 0.109. The molecular weight excluding hydrogens is 262 g/mol. The molecule has 2 aliphatic heterocycles. The zero-order valence-corrected chi connectivity index (χ0v) is 10.3. The van der Waals surface area contributed by atoms with Gasteiger partial charge in [0.1, 0.15) is 11.4 Å². The highest BCUT2D eigenvalue weighted by Gasteiger charge is 2.22. The normalized spacial score (nSPS) is 15.8. The van der Waals surface area contributed by atoms with Gasteiger partial charge in [0.2, 0.25) is 5.76 Å². The number of carboxylic acids is 2. The van der Waals surface area contributed by atoms with Crippen LogP contribution in [0.2, 0.25) is 0 Å². The Balaban J connectivity index is 1.94.